The highest BCUT2D eigenvalue weighted by Gasteiger charge is 2.28. The largest absolute Gasteiger partial charge is 0.322 e. The van der Waals surface area contributed by atoms with Gasteiger partial charge in [0.1, 0.15) is 6.33 Å². The van der Waals surface area contributed by atoms with Gasteiger partial charge < -0.3 is 5.32 Å². The highest BCUT2D eigenvalue weighted by Crippen LogP contribution is 2.23. The van der Waals surface area contributed by atoms with Crippen LogP contribution in [-0.4, -0.2) is 40.6 Å². The van der Waals surface area contributed by atoms with Gasteiger partial charge in [-0.05, 0) is 66.1 Å². The second-order valence-corrected chi connectivity index (χ2v) is 8.35. The summed E-state index contributed by atoms with van der Waals surface area (Å²) < 4.78 is 28.9. The summed E-state index contributed by atoms with van der Waals surface area (Å²) in [7, 11) is -3.63. The van der Waals surface area contributed by atoms with Crippen LogP contribution in [0.25, 0.3) is 5.69 Å². The van der Waals surface area contributed by atoms with Crippen molar-refractivity contribution in [2.45, 2.75) is 30.7 Å². The van der Waals surface area contributed by atoms with Crippen LogP contribution in [0.4, 0.5) is 5.69 Å². The van der Waals surface area contributed by atoms with Gasteiger partial charge in [-0.2, -0.15) is 0 Å². The third-order valence-electron chi connectivity index (χ3n) is 4.39. The van der Waals surface area contributed by atoms with Crippen LogP contribution in [0.2, 0.25) is 0 Å². The van der Waals surface area contributed by atoms with E-state index in [0.29, 0.717) is 11.4 Å². The van der Waals surface area contributed by atoms with Crippen molar-refractivity contribution >= 4 is 21.6 Å². The normalized spacial score (nSPS) is 14.0. The molecule has 1 aliphatic carbocycles. The molecule has 3 aromatic rings. The minimum absolute atomic E-state index is 0.000789. The van der Waals surface area contributed by atoms with Crippen LogP contribution >= 0.6 is 0 Å². The van der Waals surface area contributed by atoms with Crippen molar-refractivity contribution in [3.63, 3.8) is 0 Å². The molecule has 0 saturated heterocycles. The van der Waals surface area contributed by atoms with Gasteiger partial charge in [-0.1, -0.05) is 12.1 Å². The van der Waals surface area contributed by atoms with E-state index >= 15 is 0 Å². The summed E-state index contributed by atoms with van der Waals surface area (Å²) in [5, 5.41) is 13.9. The molecule has 28 heavy (non-hydrogen) atoms. The lowest BCUT2D eigenvalue weighted by molar-refractivity contribution is 0.102. The minimum Gasteiger partial charge on any atom is -0.322 e. The molecule has 144 valence electrons. The molecule has 2 aromatic carbocycles. The first-order chi connectivity index (χ1) is 13.4. The number of nitrogens with one attached hydrogen (secondary N) is 2. The van der Waals surface area contributed by atoms with Crippen LogP contribution in [0.3, 0.4) is 0 Å². The van der Waals surface area contributed by atoms with E-state index in [2.05, 4.69) is 25.6 Å². The number of aryl methyl sites for hydroxylation is 1. The number of carbonyl (C=O) groups excluding carboxylic acids is 1. The molecule has 0 bridgehead atoms. The zero-order chi connectivity index (χ0) is 19.7. The Kier molecular flexibility index (Phi) is 4.65. The number of anilines is 1. The number of benzene rings is 2. The van der Waals surface area contributed by atoms with Gasteiger partial charge in [0, 0.05) is 17.3 Å². The van der Waals surface area contributed by atoms with E-state index in [1.807, 2.05) is 19.1 Å². The second-order valence-electron chi connectivity index (χ2n) is 6.63. The first kappa shape index (κ1) is 18.3. The van der Waals surface area contributed by atoms with E-state index in [1.54, 1.807) is 18.2 Å². The molecule has 1 aliphatic rings. The van der Waals surface area contributed by atoms with E-state index in [-0.39, 0.29) is 16.5 Å². The molecule has 0 radical (unpaired) electrons. The number of hydrogen-bond acceptors (Lipinski definition) is 6. The second kappa shape index (κ2) is 7.13. The molecule has 2 N–H and O–H groups in total. The molecule has 1 aromatic heterocycles. The zero-order valence-corrected chi connectivity index (χ0v) is 15.8. The molecule has 9 nitrogen and oxygen atoms in total. The third-order valence-corrected chi connectivity index (χ3v) is 5.91. The van der Waals surface area contributed by atoms with Crippen molar-refractivity contribution < 1.29 is 13.2 Å². The molecule has 1 heterocycles. The predicted molar refractivity (Wildman–Crippen MR) is 102 cm³/mol. The van der Waals surface area contributed by atoms with Crippen LogP contribution in [0.5, 0.6) is 0 Å². The van der Waals surface area contributed by atoms with Crippen LogP contribution < -0.4 is 10.0 Å². The number of hydrogen-bond donors (Lipinski definition) is 2. The monoisotopic (exact) mass is 398 g/mol. The highest BCUT2D eigenvalue weighted by molar-refractivity contribution is 7.89. The summed E-state index contributed by atoms with van der Waals surface area (Å²) in [5.41, 5.74) is 2.38. The smallest absolute Gasteiger partial charge is 0.255 e. The zero-order valence-electron chi connectivity index (χ0n) is 15.0. The van der Waals surface area contributed by atoms with Crippen LogP contribution in [-0.2, 0) is 10.0 Å². The lowest BCUT2D eigenvalue weighted by atomic mass is 10.1. The Morgan fingerprint density at radius 1 is 1.18 bits per heavy atom. The number of sulfonamides is 1. The number of aromatic nitrogens is 4. The molecule has 0 spiro atoms. The molecule has 0 unspecified atom stereocenters. The maximum atomic E-state index is 12.7. The Bertz CT molecular complexity index is 1120. The minimum atomic E-state index is -3.63. The Morgan fingerprint density at radius 2 is 2.00 bits per heavy atom. The van der Waals surface area contributed by atoms with Crippen LogP contribution in [0.1, 0.15) is 28.8 Å². The van der Waals surface area contributed by atoms with Gasteiger partial charge in [-0.3, -0.25) is 4.79 Å². The van der Waals surface area contributed by atoms with Crippen molar-refractivity contribution in [3.05, 3.63) is 59.9 Å². The summed E-state index contributed by atoms with van der Waals surface area (Å²) in [6, 6.07) is 11.4. The fourth-order valence-electron chi connectivity index (χ4n) is 2.65. The molecule has 1 fully saturated rings. The van der Waals surface area contributed by atoms with E-state index in [1.165, 1.54) is 23.1 Å². The van der Waals surface area contributed by atoms with Crippen molar-refractivity contribution in [1.29, 1.82) is 0 Å². The van der Waals surface area contributed by atoms with Gasteiger partial charge in [-0.15, -0.1) is 5.10 Å². The fraction of sp³-hybridized carbons (Fsp3) is 0.222. The molecule has 4 rings (SSSR count). The lowest BCUT2D eigenvalue weighted by Gasteiger charge is -2.11. The quantitative estimate of drug-likeness (QED) is 0.652. The molecular formula is C18H18N6O3S. The molecule has 1 saturated carbocycles. The Hall–Kier alpha value is -3.11. The number of tetrazole rings is 1. The van der Waals surface area contributed by atoms with Crippen LogP contribution in [0.15, 0.2) is 53.7 Å². The Balaban J connectivity index is 1.57. The van der Waals surface area contributed by atoms with E-state index in [9.17, 15) is 13.2 Å². The van der Waals surface area contributed by atoms with Crippen molar-refractivity contribution in [2.24, 2.45) is 0 Å². The maximum Gasteiger partial charge on any atom is 0.255 e. The number of rotatable bonds is 6. The first-order valence-electron chi connectivity index (χ1n) is 8.70. The topological polar surface area (TPSA) is 119 Å². The van der Waals surface area contributed by atoms with E-state index in [0.717, 1.165) is 18.4 Å². The van der Waals surface area contributed by atoms with Gasteiger partial charge >= 0.3 is 0 Å². The summed E-state index contributed by atoms with van der Waals surface area (Å²) in [5.74, 6) is -0.402. The fourth-order valence-corrected chi connectivity index (χ4v) is 4.00. The lowest BCUT2D eigenvalue weighted by Crippen LogP contribution is -2.26. The Labute approximate surface area is 161 Å². The SMILES string of the molecule is Cc1ccc(-n2cnnn2)cc1NC(=O)c1cccc(S(=O)(=O)NC2CC2)c1. The first-order valence-corrected chi connectivity index (χ1v) is 10.2. The Morgan fingerprint density at radius 3 is 2.71 bits per heavy atom. The average molecular weight is 398 g/mol. The highest BCUT2D eigenvalue weighted by atomic mass is 32.2. The van der Waals surface area contributed by atoms with Gasteiger partial charge in [0.15, 0.2) is 0 Å². The number of amides is 1. The van der Waals surface area contributed by atoms with E-state index in [4.69, 9.17) is 0 Å². The number of carbonyl (C=O) groups is 1. The van der Waals surface area contributed by atoms with Crippen molar-refractivity contribution in [1.82, 2.24) is 24.9 Å². The summed E-state index contributed by atoms with van der Waals surface area (Å²) in [4.78, 5) is 12.8. The number of nitrogens with zero attached hydrogens (tertiary/aromatic N) is 4. The molecule has 10 heteroatoms. The van der Waals surface area contributed by atoms with Gasteiger partial charge in [0.25, 0.3) is 5.91 Å². The third kappa shape index (κ3) is 3.92. The van der Waals surface area contributed by atoms with Gasteiger partial charge in [0.05, 0.1) is 10.6 Å². The van der Waals surface area contributed by atoms with E-state index < -0.39 is 15.9 Å². The van der Waals surface area contributed by atoms with Gasteiger partial charge in [-0.25, -0.2) is 17.8 Å². The predicted octanol–water partition coefficient (Wildman–Crippen LogP) is 1.66. The standard InChI is InChI=1S/C18H18N6O3S/c1-12-5-8-15(24-11-19-22-23-24)10-17(12)20-18(25)13-3-2-4-16(9-13)28(26,27)21-14-6-7-14/h2-5,8-11,14,21H,6-7H2,1H3,(H,20,25). The summed E-state index contributed by atoms with van der Waals surface area (Å²) in [6.45, 7) is 1.86. The molecule has 0 atom stereocenters. The van der Waals surface area contributed by atoms with Crippen molar-refractivity contribution in [2.75, 3.05) is 5.32 Å². The maximum absolute atomic E-state index is 12.7. The molecular weight excluding hydrogens is 380 g/mol. The van der Waals surface area contributed by atoms with Crippen LogP contribution in [0, 0.1) is 6.92 Å². The van der Waals surface area contributed by atoms with Crippen molar-refractivity contribution in [3.8, 4) is 5.69 Å². The van der Waals surface area contributed by atoms with Gasteiger partial charge in [0.2, 0.25) is 10.0 Å². The summed E-state index contributed by atoms with van der Waals surface area (Å²) in [6.07, 6.45) is 3.14. The molecule has 1 amide bonds. The average Bonchev–Trinajstić information content (AvgIpc) is 3.31. The molecule has 0 aliphatic heterocycles. The summed E-state index contributed by atoms with van der Waals surface area (Å²) >= 11 is 0.